The molecule has 0 aliphatic carbocycles. The summed E-state index contributed by atoms with van der Waals surface area (Å²) in [7, 11) is 0. The van der Waals surface area contributed by atoms with Crippen LogP contribution in [0.1, 0.15) is 17.7 Å². The average molecular weight is 312 g/mol. The van der Waals surface area contributed by atoms with Crippen molar-refractivity contribution >= 4 is 16.9 Å². The van der Waals surface area contributed by atoms with Crippen molar-refractivity contribution in [3.05, 3.63) is 35.3 Å². The molecule has 2 heterocycles. The van der Waals surface area contributed by atoms with Crippen molar-refractivity contribution in [1.82, 2.24) is 10.6 Å². The first-order valence-electron chi connectivity index (χ1n) is 6.92. The van der Waals surface area contributed by atoms with Gasteiger partial charge in [-0.25, -0.2) is 13.2 Å². The van der Waals surface area contributed by atoms with Crippen molar-refractivity contribution in [3.8, 4) is 0 Å². The lowest BCUT2D eigenvalue weighted by atomic mass is 10.1. The van der Waals surface area contributed by atoms with Crippen LogP contribution in [-0.2, 0) is 11.3 Å². The fraction of sp³-hybridized carbons (Fsp3) is 0.400. The monoisotopic (exact) mass is 312 g/mol. The minimum absolute atomic E-state index is 0.0741. The molecule has 118 valence electrons. The number of rotatable bonds is 3. The van der Waals surface area contributed by atoms with Gasteiger partial charge in [-0.3, -0.25) is 10.1 Å². The third-order valence-corrected chi connectivity index (χ3v) is 3.85. The number of carbonyl (C=O) groups is 1. The quantitative estimate of drug-likeness (QED) is 0.915. The molecule has 22 heavy (non-hydrogen) atoms. The molecule has 1 saturated heterocycles. The van der Waals surface area contributed by atoms with Gasteiger partial charge in [0.25, 0.3) is 5.92 Å². The average Bonchev–Trinajstić information content (AvgIpc) is 2.97. The number of furan rings is 1. The zero-order chi connectivity index (χ0) is 15.9. The van der Waals surface area contributed by atoms with Crippen LogP contribution < -0.4 is 10.6 Å². The predicted octanol–water partition coefficient (Wildman–Crippen LogP) is 2.49. The SMILES string of the molecule is Cc1c(CNC(=O)C2CC(F)(F)CN2)oc2ccc(F)cc12. The van der Waals surface area contributed by atoms with Crippen molar-refractivity contribution in [2.75, 3.05) is 6.54 Å². The second-order valence-electron chi connectivity index (χ2n) is 5.50. The van der Waals surface area contributed by atoms with E-state index in [1.807, 2.05) is 0 Å². The van der Waals surface area contributed by atoms with E-state index in [0.717, 1.165) is 5.56 Å². The molecule has 0 radical (unpaired) electrons. The fourth-order valence-corrected chi connectivity index (χ4v) is 2.60. The normalized spacial score (nSPS) is 20.5. The molecular weight excluding hydrogens is 297 g/mol. The summed E-state index contributed by atoms with van der Waals surface area (Å²) in [6.45, 7) is 1.34. The third kappa shape index (κ3) is 2.81. The molecule has 1 fully saturated rings. The highest BCUT2D eigenvalue weighted by Crippen LogP contribution is 2.27. The van der Waals surface area contributed by atoms with Gasteiger partial charge in [0.2, 0.25) is 5.91 Å². The minimum Gasteiger partial charge on any atom is -0.459 e. The number of alkyl halides is 2. The lowest BCUT2D eigenvalue weighted by Crippen LogP contribution is -2.40. The van der Waals surface area contributed by atoms with Crippen molar-refractivity contribution in [2.24, 2.45) is 0 Å². The summed E-state index contributed by atoms with van der Waals surface area (Å²) in [6.07, 6.45) is -0.511. The van der Waals surface area contributed by atoms with Crippen LogP contribution in [-0.4, -0.2) is 24.4 Å². The number of fused-ring (bicyclic) bond motifs is 1. The zero-order valence-electron chi connectivity index (χ0n) is 11.9. The van der Waals surface area contributed by atoms with Crippen LogP contribution in [0.5, 0.6) is 0 Å². The van der Waals surface area contributed by atoms with Gasteiger partial charge in [-0.1, -0.05) is 0 Å². The molecule has 3 rings (SSSR count). The standard InChI is InChI=1S/C15H15F3N2O2/c1-8-10-4-9(16)2-3-12(10)22-13(8)6-19-14(21)11-5-15(17,18)7-20-11/h2-4,11,20H,5-7H2,1H3,(H,19,21). The van der Waals surface area contributed by atoms with Gasteiger partial charge in [0.1, 0.15) is 17.2 Å². The Morgan fingerprint density at radius 1 is 1.50 bits per heavy atom. The number of hydrogen-bond acceptors (Lipinski definition) is 3. The fourth-order valence-electron chi connectivity index (χ4n) is 2.60. The van der Waals surface area contributed by atoms with E-state index in [-0.39, 0.29) is 12.4 Å². The van der Waals surface area contributed by atoms with E-state index in [1.165, 1.54) is 18.2 Å². The molecule has 1 unspecified atom stereocenters. The van der Waals surface area contributed by atoms with Gasteiger partial charge in [0.15, 0.2) is 0 Å². The first-order valence-corrected chi connectivity index (χ1v) is 6.92. The first kappa shape index (κ1) is 14.9. The summed E-state index contributed by atoms with van der Waals surface area (Å²) in [4.78, 5) is 11.9. The Labute approximate surface area is 124 Å². The van der Waals surface area contributed by atoms with Crippen molar-refractivity contribution in [2.45, 2.75) is 31.9 Å². The number of aryl methyl sites for hydroxylation is 1. The van der Waals surface area contributed by atoms with Gasteiger partial charge in [0, 0.05) is 17.4 Å². The summed E-state index contributed by atoms with van der Waals surface area (Å²) in [5, 5.41) is 5.70. The van der Waals surface area contributed by atoms with Gasteiger partial charge in [0.05, 0.1) is 19.1 Å². The lowest BCUT2D eigenvalue weighted by Gasteiger charge is -2.10. The molecule has 1 aliphatic rings. The van der Waals surface area contributed by atoms with E-state index in [9.17, 15) is 18.0 Å². The van der Waals surface area contributed by atoms with E-state index in [2.05, 4.69) is 10.6 Å². The van der Waals surface area contributed by atoms with Crippen LogP contribution in [0.25, 0.3) is 11.0 Å². The molecule has 7 heteroatoms. The Bertz CT molecular complexity index is 727. The van der Waals surface area contributed by atoms with Crippen LogP contribution in [0, 0.1) is 12.7 Å². The molecule has 2 N–H and O–H groups in total. The molecule has 1 aromatic heterocycles. The first-order chi connectivity index (χ1) is 10.4. The third-order valence-electron chi connectivity index (χ3n) is 3.85. The number of hydrogen-bond donors (Lipinski definition) is 2. The molecule has 0 bridgehead atoms. The largest absolute Gasteiger partial charge is 0.459 e. The van der Waals surface area contributed by atoms with Crippen LogP contribution in [0.2, 0.25) is 0 Å². The molecule has 0 saturated carbocycles. The number of halogens is 3. The smallest absolute Gasteiger partial charge is 0.262 e. The lowest BCUT2D eigenvalue weighted by molar-refractivity contribution is -0.123. The molecule has 4 nitrogen and oxygen atoms in total. The van der Waals surface area contributed by atoms with Crippen LogP contribution in [0.4, 0.5) is 13.2 Å². The molecule has 1 atom stereocenters. The highest BCUT2D eigenvalue weighted by molar-refractivity contribution is 5.84. The van der Waals surface area contributed by atoms with Crippen LogP contribution in [0.3, 0.4) is 0 Å². The highest BCUT2D eigenvalue weighted by atomic mass is 19.3. The maximum Gasteiger partial charge on any atom is 0.262 e. The van der Waals surface area contributed by atoms with E-state index >= 15 is 0 Å². The molecule has 1 aromatic carbocycles. The number of amides is 1. The van der Waals surface area contributed by atoms with Crippen molar-refractivity contribution < 1.29 is 22.4 Å². The van der Waals surface area contributed by atoms with E-state index in [0.29, 0.717) is 16.7 Å². The topological polar surface area (TPSA) is 54.3 Å². The summed E-state index contributed by atoms with van der Waals surface area (Å²) in [6, 6.07) is 3.26. The predicted molar refractivity (Wildman–Crippen MR) is 74.1 cm³/mol. The number of carbonyl (C=O) groups excluding carboxylic acids is 1. The Hall–Kier alpha value is -2.02. The summed E-state index contributed by atoms with van der Waals surface area (Å²) in [5.74, 6) is -3.24. The van der Waals surface area contributed by atoms with Crippen LogP contribution >= 0.6 is 0 Å². The zero-order valence-corrected chi connectivity index (χ0v) is 11.9. The molecule has 0 spiro atoms. The van der Waals surface area contributed by atoms with Crippen LogP contribution in [0.15, 0.2) is 22.6 Å². The maximum atomic E-state index is 13.2. The van der Waals surface area contributed by atoms with Gasteiger partial charge in [-0.15, -0.1) is 0 Å². The Kier molecular flexibility index (Phi) is 3.60. The molecule has 1 amide bonds. The van der Waals surface area contributed by atoms with E-state index < -0.39 is 30.8 Å². The summed E-state index contributed by atoms with van der Waals surface area (Å²) < 4.78 is 44.9. The Morgan fingerprint density at radius 2 is 2.27 bits per heavy atom. The molecular formula is C15H15F3N2O2. The second kappa shape index (κ2) is 5.31. The summed E-state index contributed by atoms with van der Waals surface area (Å²) >= 11 is 0. The van der Waals surface area contributed by atoms with Gasteiger partial charge in [-0.05, 0) is 25.1 Å². The van der Waals surface area contributed by atoms with Gasteiger partial charge < -0.3 is 9.73 Å². The Balaban J connectivity index is 1.69. The maximum absolute atomic E-state index is 13.2. The second-order valence-corrected chi connectivity index (χ2v) is 5.50. The number of nitrogens with one attached hydrogen (secondary N) is 2. The van der Waals surface area contributed by atoms with E-state index in [1.54, 1.807) is 6.92 Å². The van der Waals surface area contributed by atoms with Gasteiger partial charge in [-0.2, -0.15) is 0 Å². The Morgan fingerprint density at radius 3 is 2.95 bits per heavy atom. The number of benzene rings is 1. The molecule has 1 aliphatic heterocycles. The highest BCUT2D eigenvalue weighted by Gasteiger charge is 2.42. The van der Waals surface area contributed by atoms with Gasteiger partial charge >= 0.3 is 0 Å². The molecule has 2 aromatic rings. The van der Waals surface area contributed by atoms with Crippen molar-refractivity contribution in [3.63, 3.8) is 0 Å². The summed E-state index contributed by atoms with van der Waals surface area (Å²) in [5.41, 5.74) is 1.24. The minimum atomic E-state index is -2.85. The van der Waals surface area contributed by atoms with Crippen molar-refractivity contribution in [1.29, 1.82) is 0 Å². The van der Waals surface area contributed by atoms with E-state index in [4.69, 9.17) is 4.42 Å².